The predicted molar refractivity (Wildman–Crippen MR) is 86.9 cm³/mol. The molecule has 2 nitrogen and oxygen atoms in total. The zero-order chi connectivity index (χ0) is 13.5. The number of anilines is 1. The van der Waals surface area contributed by atoms with E-state index in [1.807, 2.05) is 60.7 Å². The van der Waals surface area contributed by atoms with Gasteiger partial charge < -0.3 is 0 Å². The van der Waals surface area contributed by atoms with Crippen LogP contribution >= 0.6 is 27.5 Å². The second kappa shape index (κ2) is 7.12. The Morgan fingerprint density at radius 2 is 1.74 bits per heavy atom. The van der Waals surface area contributed by atoms with Crippen LogP contribution in [0, 0.1) is 0 Å². The second-order valence-electron chi connectivity index (χ2n) is 3.82. The van der Waals surface area contributed by atoms with E-state index >= 15 is 0 Å². The first-order valence-corrected chi connectivity index (χ1v) is 6.88. The minimum Gasteiger partial charge on any atom is -0.278 e. The Morgan fingerprint density at radius 3 is 2.42 bits per heavy atom. The molecule has 0 fully saturated rings. The average molecular weight is 336 g/mol. The van der Waals surface area contributed by atoms with Crippen molar-refractivity contribution in [1.29, 1.82) is 0 Å². The SMILES string of the molecule is Clc1ccc(N/N=C\C(Br)=C\c2ccccc2)cc1. The van der Waals surface area contributed by atoms with Crippen molar-refractivity contribution in [1.82, 2.24) is 0 Å². The minimum absolute atomic E-state index is 0.708. The summed E-state index contributed by atoms with van der Waals surface area (Å²) in [7, 11) is 0. The van der Waals surface area contributed by atoms with E-state index in [0.29, 0.717) is 5.02 Å². The largest absolute Gasteiger partial charge is 0.278 e. The van der Waals surface area contributed by atoms with Crippen molar-refractivity contribution in [2.45, 2.75) is 0 Å². The lowest BCUT2D eigenvalue weighted by atomic mass is 10.2. The molecule has 1 N–H and O–H groups in total. The summed E-state index contributed by atoms with van der Waals surface area (Å²) in [5.41, 5.74) is 4.94. The quantitative estimate of drug-likeness (QED) is 0.604. The van der Waals surface area contributed by atoms with Crippen LogP contribution in [0.4, 0.5) is 5.69 Å². The molecular weight excluding hydrogens is 324 g/mol. The van der Waals surface area contributed by atoms with Gasteiger partial charge in [0, 0.05) is 9.51 Å². The highest BCUT2D eigenvalue weighted by atomic mass is 79.9. The summed E-state index contributed by atoms with van der Waals surface area (Å²) in [6.07, 6.45) is 3.70. The van der Waals surface area contributed by atoms with Gasteiger partial charge in [0.1, 0.15) is 0 Å². The predicted octanol–water partition coefficient (Wildman–Crippen LogP) is 5.17. The van der Waals surface area contributed by atoms with Crippen LogP contribution in [0.15, 0.2) is 64.2 Å². The number of rotatable bonds is 4. The number of allylic oxidation sites excluding steroid dienone is 1. The molecule has 0 aromatic heterocycles. The van der Waals surface area contributed by atoms with E-state index in [9.17, 15) is 0 Å². The summed E-state index contributed by atoms with van der Waals surface area (Å²) in [6, 6.07) is 17.4. The van der Waals surface area contributed by atoms with Crippen LogP contribution in [0.5, 0.6) is 0 Å². The maximum Gasteiger partial charge on any atom is 0.0614 e. The van der Waals surface area contributed by atoms with E-state index in [4.69, 9.17) is 11.6 Å². The van der Waals surface area contributed by atoms with E-state index < -0.39 is 0 Å². The molecule has 2 aromatic rings. The van der Waals surface area contributed by atoms with Gasteiger partial charge >= 0.3 is 0 Å². The Balaban J connectivity index is 1.95. The van der Waals surface area contributed by atoms with E-state index in [1.165, 1.54) is 0 Å². The van der Waals surface area contributed by atoms with Crippen molar-refractivity contribution in [3.63, 3.8) is 0 Å². The minimum atomic E-state index is 0.708. The molecule has 0 amide bonds. The van der Waals surface area contributed by atoms with Crippen molar-refractivity contribution in [3.05, 3.63) is 69.7 Å². The van der Waals surface area contributed by atoms with Crippen molar-refractivity contribution in [2.75, 3.05) is 5.43 Å². The molecular formula is C15H12BrClN2. The fraction of sp³-hybridized carbons (Fsp3) is 0. The van der Waals surface area contributed by atoms with Gasteiger partial charge in [-0.3, -0.25) is 5.43 Å². The van der Waals surface area contributed by atoms with Crippen molar-refractivity contribution >= 4 is 45.5 Å². The Labute approximate surface area is 125 Å². The summed E-state index contributed by atoms with van der Waals surface area (Å²) >= 11 is 9.25. The molecule has 2 rings (SSSR count). The molecule has 0 heterocycles. The molecule has 4 heteroatoms. The Bertz CT molecular complexity index is 577. The van der Waals surface area contributed by atoms with Crippen LogP contribution in [0.25, 0.3) is 6.08 Å². The summed E-state index contributed by atoms with van der Waals surface area (Å²) in [4.78, 5) is 0. The molecule has 0 saturated heterocycles. The molecule has 0 aliphatic carbocycles. The molecule has 2 aromatic carbocycles. The zero-order valence-corrected chi connectivity index (χ0v) is 12.4. The number of nitrogens with one attached hydrogen (secondary N) is 1. The summed E-state index contributed by atoms with van der Waals surface area (Å²) in [6.45, 7) is 0. The van der Waals surface area contributed by atoms with Crippen LogP contribution in [0.2, 0.25) is 5.02 Å². The highest BCUT2D eigenvalue weighted by Crippen LogP contribution is 2.14. The topological polar surface area (TPSA) is 24.4 Å². The normalized spacial score (nSPS) is 11.8. The van der Waals surface area contributed by atoms with E-state index in [1.54, 1.807) is 6.21 Å². The first-order valence-electron chi connectivity index (χ1n) is 5.71. The van der Waals surface area contributed by atoms with Gasteiger partial charge in [-0.1, -0.05) is 41.9 Å². The van der Waals surface area contributed by atoms with Crippen LogP contribution in [0.3, 0.4) is 0 Å². The molecule has 0 radical (unpaired) electrons. The molecule has 0 spiro atoms. The third kappa shape index (κ3) is 4.89. The molecule has 0 atom stereocenters. The maximum atomic E-state index is 5.80. The van der Waals surface area contributed by atoms with Crippen LogP contribution in [-0.2, 0) is 0 Å². The maximum absolute atomic E-state index is 5.80. The first-order chi connectivity index (χ1) is 9.24. The van der Waals surface area contributed by atoms with Gasteiger partial charge in [-0.2, -0.15) is 5.10 Å². The smallest absolute Gasteiger partial charge is 0.0614 e. The van der Waals surface area contributed by atoms with Crippen LogP contribution in [-0.4, -0.2) is 6.21 Å². The van der Waals surface area contributed by atoms with Gasteiger partial charge in [0.25, 0.3) is 0 Å². The summed E-state index contributed by atoms with van der Waals surface area (Å²) < 4.78 is 0.889. The molecule has 96 valence electrons. The van der Waals surface area contributed by atoms with Gasteiger partial charge in [-0.05, 0) is 51.8 Å². The number of halogens is 2. The fourth-order valence-electron chi connectivity index (χ4n) is 1.44. The Hall–Kier alpha value is -1.58. The third-order valence-electron chi connectivity index (χ3n) is 2.33. The van der Waals surface area contributed by atoms with Crippen LogP contribution < -0.4 is 5.43 Å². The average Bonchev–Trinajstić information content (AvgIpc) is 2.42. The highest BCUT2D eigenvalue weighted by Gasteiger charge is 1.91. The highest BCUT2D eigenvalue weighted by molar-refractivity contribution is 9.12. The van der Waals surface area contributed by atoms with Gasteiger partial charge in [0.2, 0.25) is 0 Å². The molecule has 19 heavy (non-hydrogen) atoms. The lowest BCUT2D eigenvalue weighted by Gasteiger charge is -1.99. The summed E-state index contributed by atoms with van der Waals surface area (Å²) in [5.74, 6) is 0. The second-order valence-corrected chi connectivity index (χ2v) is 5.17. The number of hydrogen-bond acceptors (Lipinski definition) is 2. The molecule has 0 bridgehead atoms. The standard InChI is InChI=1S/C15H12BrClN2/c16-13(10-12-4-2-1-3-5-12)11-18-19-15-8-6-14(17)7-9-15/h1-11,19H/b13-10-,18-11-. The number of hydrazone groups is 1. The van der Waals surface area contributed by atoms with Crippen molar-refractivity contribution in [2.24, 2.45) is 5.10 Å². The summed E-state index contributed by atoms with van der Waals surface area (Å²) in [5, 5.41) is 4.84. The molecule has 0 unspecified atom stereocenters. The lowest BCUT2D eigenvalue weighted by molar-refractivity contribution is 1.35. The van der Waals surface area contributed by atoms with Gasteiger partial charge in [0.15, 0.2) is 0 Å². The molecule has 0 aliphatic rings. The Morgan fingerprint density at radius 1 is 1.05 bits per heavy atom. The van der Waals surface area contributed by atoms with E-state index in [0.717, 1.165) is 15.7 Å². The van der Waals surface area contributed by atoms with Gasteiger partial charge in [-0.15, -0.1) is 0 Å². The monoisotopic (exact) mass is 334 g/mol. The number of hydrogen-bond donors (Lipinski definition) is 1. The zero-order valence-electron chi connectivity index (χ0n) is 10.1. The van der Waals surface area contributed by atoms with Crippen molar-refractivity contribution < 1.29 is 0 Å². The van der Waals surface area contributed by atoms with Gasteiger partial charge in [0.05, 0.1) is 11.9 Å². The van der Waals surface area contributed by atoms with E-state index in [-0.39, 0.29) is 0 Å². The number of benzene rings is 2. The lowest BCUT2D eigenvalue weighted by Crippen LogP contribution is -1.88. The van der Waals surface area contributed by atoms with Crippen LogP contribution in [0.1, 0.15) is 5.56 Å². The number of nitrogens with zero attached hydrogens (tertiary/aromatic N) is 1. The first kappa shape index (κ1) is 13.8. The Kier molecular flexibility index (Phi) is 5.19. The fourth-order valence-corrected chi connectivity index (χ4v) is 1.93. The third-order valence-corrected chi connectivity index (χ3v) is 3.02. The molecule has 0 aliphatic heterocycles. The molecule has 0 saturated carbocycles. The van der Waals surface area contributed by atoms with E-state index in [2.05, 4.69) is 26.5 Å². The van der Waals surface area contributed by atoms with Crippen molar-refractivity contribution in [3.8, 4) is 0 Å². The van der Waals surface area contributed by atoms with Gasteiger partial charge in [-0.25, -0.2) is 0 Å².